The van der Waals surface area contributed by atoms with Crippen LogP contribution in [0.4, 0.5) is 9.59 Å². The van der Waals surface area contributed by atoms with Crippen LogP contribution < -0.4 is 0 Å². The molecule has 0 bridgehead atoms. The molecule has 0 aliphatic rings. The first kappa shape index (κ1) is 11.5. The zero-order valence-corrected chi connectivity index (χ0v) is 8.39. The number of hydrogen-bond acceptors (Lipinski definition) is 2. The minimum atomic E-state index is -0.551. The van der Waals surface area contributed by atoms with Gasteiger partial charge in [-0.15, -0.1) is 0 Å². The summed E-state index contributed by atoms with van der Waals surface area (Å²) in [6.07, 6.45) is 0. The zero-order chi connectivity index (χ0) is 9.72. The molecule has 0 N–H and O–H groups in total. The Morgan fingerprint density at radius 2 is 1.25 bits per heavy atom. The van der Waals surface area contributed by atoms with Gasteiger partial charge in [0.25, 0.3) is 0 Å². The molecule has 4 nitrogen and oxygen atoms in total. The highest BCUT2D eigenvalue weighted by Gasteiger charge is 2.08. The average molecular weight is 213 g/mol. The molecule has 0 fully saturated rings. The van der Waals surface area contributed by atoms with Crippen molar-refractivity contribution in [2.45, 2.75) is 0 Å². The van der Waals surface area contributed by atoms with Crippen LogP contribution in [0.1, 0.15) is 0 Å². The third-order valence-electron chi connectivity index (χ3n) is 1.37. The standard InChI is InChI=1S/C6H10Cl2N2O2/c1-9(5(7)11)3-4-10(2)6(8)12/h3-4H2,1-2H3. The number of likely N-dealkylation sites (N-methyl/N-ethyl adjacent to an activating group) is 2. The van der Waals surface area contributed by atoms with E-state index in [2.05, 4.69) is 0 Å². The Morgan fingerprint density at radius 1 is 1.00 bits per heavy atom. The molecular formula is C6H10Cl2N2O2. The lowest BCUT2D eigenvalue weighted by molar-refractivity contribution is 0.216. The summed E-state index contributed by atoms with van der Waals surface area (Å²) in [4.78, 5) is 23.5. The number of amides is 2. The van der Waals surface area contributed by atoms with Gasteiger partial charge in [0, 0.05) is 27.2 Å². The van der Waals surface area contributed by atoms with Gasteiger partial charge in [0.15, 0.2) is 0 Å². The maximum atomic E-state index is 10.5. The van der Waals surface area contributed by atoms with Crippen LogP contribution >= 0.6 is 23.2 Å². The first-order chi connectivity index (χ1) is 5.45. The lowest BCUT2D eigenvalue weighted by atomic mass is 10.5. The van der Waals surface area contributed by atoms with Crippen LogP contribution in [0.3, 0.4) is 0 Å². The molecule has 0 aromatic rings. The molecule has 0 aliphatic carbocycles. The van der Waals surface area contributed by atoms with E-state index in [9.17, 15) is 9.59 Å². The van der Waals surface area contributed by atoms with Gasteiger partial charge in [-0.2, -0.15) is 0 Å². The molecule has 0 aromatic carbocycles. The number of carbonyl (C=O) groups excluding carboxylic acids is 2. The van der Waals surface area contributed by atoms with Gasteiger partial charge in [-0.1, -0.05) is 0 Å². The first-order valence-electron chi connectivity index (χ1n) is 3.26. The number of hydrogen-bond donors (Lipinski definition) is 0. The fourth-order valence-corrected chi connectivity index (χ4v) is 0.645. The Bertz CT molecular complexity index is 166. The van der Waals surface area contributed by atoms with Crippen LogP contribution in [0.15, 0.2) is 0 Å². The predicted molar refractivity (Wildman–Crippen MR) is 47.8 cm³/mol. The van der Waals surface area contributed by atoms with E-state index in [-0.39, 0.29) is 0 Å². The van der Waals surface area contributed by atoms with Gasteiger partial charge < -0.3 is 9.80 Å². The van der Waals surface area contributed by atoms with E-state index >= 15 is 0 Å². The molecule has 0 rings (SSSR count). The smallest absolute Gasteiger partial charge is 0.316 e. The zero-order valence-electron chi connectivity index (χ0n) is 6.88. The summed E-state index contributed by atoms with van der Waals surface area (Å²) >= 11 is 10.3. The monoisotopic (exact) mass is 212 g/mol. The third kappa shape index (κ3) is 4.41. The Balaban J connectivity index is 3.68. The van der Waals surface area contributed by atoms with Crippen molar-refractivity contribution in [3.05, 3.63) is 0 Å². The van der Waals surface area contributed by atoms with Gasteiger partial charge in [-0.3, -0.25) is 9.59 Å². The molecule has 0 radical (unpaired) electrons. The summed E-state index contributed by atoms with van der Waals surface area (Å²) in [6, 6.07) is 0. The van der Waals surface area contributed by atoms with Crippen molar-refractivity contribution in [2.24, 2.45) is 0 Å². The number of rotatable bonds is 3. The Morgan fingerprint density at radius 3 is 1.42 bits per heavy atom. The molecule has 0 heterocycles. The van der Waals surface area contributed by atoms with Crippen molar-refractivity contribution in [2.75, 3.05) is 27.2 Å². The topological polar surface area (TPSA) is 40.6 Å². The van der Waals surface area contributed by atoms with Gasteiger partial charge in [-0.25, -0.2) is 0 Å². The van der Waals surface area contributed by atoms with Crippen LogP contribution in [0.5, 0.6) is 0 Å². The lowest BCUT2D eigenvalue weighted by Gasteiger charge is -2.18. The molecule has 0 atom stereocenters. The van der Waals surface area contributed by atoms with Crippen molar-refractivity contribution in [1.29, 1.82) is 0 Å². The molecule has 0 unspecified atom stereocenters. The normalized spacial score (nSPS) is 9.33. The van der Waals surface area contributed by atoms with Crippen molar-refractivity contribution >= 4 is 33.9 Å². The van der Waals surface area contributed by atoms with E-state index in [4.69, 9.17) is 23.2 Å². The highest BCUT2D eigenvalue weighted by molar-refractivity contribution is 6.63. The van der Waals surface area contributed by atoms with Crippen molar-refractivity contribution < 1.29 is 9.59 Å². The second-order valence-corrected chi connectivity index (χ2v) is 3.00. The molecule has 0 spiro atoms. The quantitative estimate of drug-likeness (QED) is 0.527. The summed E-state index contributed by atoms with van der Waals surface area (Å²) in [5, 5.41) is -1.10. The molecular weight excluding hydrogens is 203 g/mol. The van der Waals surface area contributed by atoms with Gasteiger partial charge in [0.05, 0.1) is 0 Å². The summed E-state index contributed by atoms with van der Waals surface area (Å²) in [6.45, 7) is 0.745. The van der Waals surface area contributed by atoms with Crippen molar-refractivity contribution in [3.8, 4) is 0 Å². The maximum Gasteiger partial charge on any atom is 0.316 e. The summed E-state index contributed by atoms with van der Waals surface area (Å²) in [5.74, 6) is 0. The molecule has 0 saturated carbocycles. The van der Waals surface area contributed by atoms with E-state index in [0.29, 0.717) is 13.1 Å². The van der Waals surface area contributed by atoms with E-state index in [0.717, 1.165) is 0 Å². The molecule has 0 saturated heterocycles. The number of carbonyl (C=O) groups is 2. The van der Waals surface area contributed by atoms with Gasteiger partial charge in [0.2, 0.25) is 0 Å². The second-order valence-electron chi connectivity index (χ2n) is 2.35. The van der Waals surface area contributed by atoms with E-state index in [1.165, 1.54) is 9.80 Å². The third-order valence-corrected chi connectivity index (χ3v) is 1.95. The van der Waals surface area contributed by atoms with Crippen LogP contribution in [-0.2, 0) is 0 Å². The Kier molecular flexibility index (Phi) is 5.01. The fraction of sp³-hybridized carbons (Fsp3) is 0.667. The van der Waals surface area contributed by atoms with Crippen LogP contribution in [0.2, 0.25) is 0 Å². The molecule has 70 valence electrons. The maximum absolute atomic E-state index is 10.5. The highest BCUT2D eigenvalue weighted by atomic mass is 35.5. The lowest BCUT2D eigenvalue weighted by Crippen LogP contribution is -2.33. The number of halogens is 2. The van der Waals surface area contributed by atoms with Gasteiger partial charge in [0.1, 0.15) is 0 Å². The predicted octanol–water partition coefficient (Wildman–Crippen LogP) is 1.57. The van der Waals surface area contributed by atoms with Crippen molar-refractivity contribution in [1.82, 2.24) is 9.80 Å². The summed E-state index contributed by atoms with van der Waals surface area (Å²) in [5.41, 5.74) is 0. The summed E-state index contributed by atoms with van der Waals surface area (Å²) < 4.78 is 0. The molecule has 6 heteroatoms. The van der Waals surface area contributed by atoms with Gasteiger partial charge in [-0.05, 0) is 23.2 Å². The van der Waals surface area contributed by atoms with Crippen LogP contribution in [0.25, 0.3) is 0 Å². The second kappa shape index (κ2) is 5.22. The molecule has 2 amide bonds. The summed E-state index contributed by atoms with van der Waals surface area (Å²) in [7, 11) is 3.09. The highest BCUT2D eigenvalue weighted by Crippen LogP contribution is 1.95. The average Bonchev–Trinajstić information content (AvgIpc) is 1.98. The fourth-order valence-electron chi connectivity index (χ4n) is 0.476. The van der Waals surface area contributed by atoms with E-state index < -0.39 is 10.7 Å². The van der Waals surface area contributed by atoms with Crippen LogP contribution in [0, 0.1) is 0 Å². The van der Waals surface area contributed by atoms with Crippen LogP contribution in [-0.4, -0.2) is 47.7 Å². The van der Waals surface area contributed by atoms with E-state index in [1.807, 2.05) is 0 Å². The molecule has 0 aliphatic heterocycles. The molecule has 12 heavy (non-hydrogen) atoms. The number of nitrogens with zero attached hydrogens (tertiary/aromatic N) is 2. The molecule has 0 aromatic heterocycles. The largest absolute Gasteiger partial charge is 0.331 e. The van der Waals surface area contributed by atoms with Crippen molar-refractivity contribution in [3.63, 3.8) is 0 Å². The SMILES string of the molecule is CN(CCN(C)C(=O)Cl)C(=O)Cl. The minimum absolute atomic E-state index is 0.372. The first-order valence-corrected chi connectivity index (χ1v) is 4.02. The Labute approximate surface area is 81.0 Å². The minimum Gasteiger partial charge on any atom is -0.331 e. The van der Waals surface area contributed by atoms with E-state index in [1.54, 1.807) is 14.1 Å². The van der Waals surface area contributed by atoms with Gasteiger partial charge >= 0.3 is 10.7 Å². The Hall–Kier alpha value is -0.480.